The minimum Gasteiger partial charge on any atom is -0.512 e. The lowest BCUT2D eigenvalue weighted by Gasteiger charge is -2.46. The number of hydrogen-bond acceptors (Lipinski definition) is 7. The van der Waals surface area contributed by atoms with Gasteiger partial charge in [0.25, 0.3) is 6.02 Å². The van der Waals surface area contributed by atoms with E-state index >= 15 is 0 Å². The van der Waals surface area contributed by atoms with Gasteiger partial charge < -0.3 is 24.6 Å². The fourth-order valence-electron chi connectivity index (χ4n) is 3.41. The van der Waals surface area contributed by atoms with Gasteiger partial charge in [0, 0.05) is 29.6 Å². The zero-order valence-electron chi connectivity index (χ0n) is 26.4. The number of aromatic nitrogens is 2. The summed E-state index contributed by atoms with van der Waals surface area (Å²) in [5, 5.41) is 21.4. The largest absolute Gasteiger partial charge is 0.512 e. The van der Waals surface area contributed by atoms with E-state index in [4.69, 9.17) is 19.6 Å². The van der Waals surface area contributed by atoms with E-state index in [2.05, 4.69) is 65.7 Å². The van der Waals surface area contributed by atoms with Gasteiger partial charge in [0.1, 0.15) is 19.4 Å². The summed E-state index contributed by atoms with van der Waals surface area (Å²) < 4.78 is 17.6. The first-order chi connectivity index (χ1) is 19.0. The van der Waals surface area contributed by atoms with Crippen molar-refractivity contribution in [2.45, 2.75) is 53.6 Å². The van der Waals surface area contributed by atoms with Crippen LogP contribution in [0.25, 0.3) is 11.3 Å². The molecule has 2 rings (SSSR count). The van der Waals surface area contributed by atoms with E-state index < -0.39 is 14.6 Å². The van der Waals surface area contributed by atoms with Crippen molar-refractivity contribution in [3.63, 3.8) is 0 Å². The van der Waals surface area contributed by atoms with Gasteiger partial charge in [-0.25, -0.2) is 4.98 Å². The second-order valence-electron chi connectivity index (χ2n) is 13.1. The third-order valence-corrected chi connectivity index (χ3v) is 8.59. The normalized spacial score (nSPS) is 13.4. The van der Waals surface area contributed by atoms with Crippen molar-refractivity contribution < 1.29 is 19.3 Å². The molecule has 0 aliphatic rings. The van der Waals surface area contributed by atoms with E-state index in [0.29, 0.717) is 18.1 Å². The molecule has 10 heteroatoms. The third kappa shape index (κ3) is 11.7. The fourth-order valence-corrected chi connectivity index (χ4v) is 4.27. The van der Waals surface area contributed by atoms with Crippen molar-refractivity contribution in [2.24, 2.45) is 10.4 Å². The Hall–Kier alpha value is -3.11. The first-order valence-corrected chi connectivity index (χ1v) is 18.3. The summed E-state index contributed by atoms with van der Waals surface area (Å²) in [6.45, 7) is 14.6. The van der Waals surface area contributed by atoms with Crippen LogP contribution in [-0.2, 0) is 9.47 Å². The predicted octanol–water partition coefficient (Wildman–Crippen LogP) is 5.97. The molecule has 0 unspecified atom stereocenters. The Morgan fingerprint density at radius 1 is 1.15 bits per heavy atom. The van der Waals surface area contributed by atoms with Gasteiger partial charge in [-0.2, -0.15) is 4.99 Å². The maximum atomic E-state index is 9.72. The number of amidine groups is 2. The van der Waals surface area contributed by atoms with Gasteiger partial charge in [0.2, 0.25) is 5.88 Å². The monoisotopic (exact) mass is 589 g/mol. The molecule has 0 radical (unpaired) electrons. The molecule has 2 heterocycles. The lowest BCUT2D eigenvalue weighted by molar-refractivity contribution is 0.122. The van der Waals surface area contributed by atoms with Crippen LogP contribution >= 0.6 is 9.16 Å². The first-order valence-electron chi connectivity index (χ1n) is 14.1. The van der Waals surface area contributed by atoms with Gasteiger partial charge in [-0.15, -0.1) is 0 Å². The summed E-state index contributed by atoms with van der Waals surface area (Å²) in [7, 11) is -1.63. The molecule has 2 aromatic rings. The Balaban J connectivity index is 2.11. The topological polar surface area (TPSA) is 122 Å². The van der Waals surface area contributed by atoms with Crippen LogP contribution in [0.2, 0.25) is 0 Å². The molecule has 230 valence electrons. The average Bonchev–Trinajstić information content (AvgIpc) is 2.89. The molecule has 0 fully saturated rings. The molecular weight excluding hydrogens is 538 g/mol. The molecule has 0 saturated heterocycles. The van der Waals surface area contributed by atoms with E-state index in [0.717, 1.165) is 35.4 Å². The average molecular weight is 590 g/mol. The maximum Gasteiger partial charge on any atom is 0.293 e. The van der Waals surface area contributed by atoms with Crippen molar-refractivity contribution >= 4 is 21.0 Å². The molecule has 0 bridgehead atoms. The summed E-state index contributed by atoms with van der Waals surface area (Å²) in [6.07, 6.45) is 14.3. The Morgan fingerprint density at radius 3 is 2.37 bits per heavy atom. The number of aryl methyl sites for hydroxylation is 1. The highest BCUT2D eigenvalue weighted by Crippen LogP contribution is 2.54. The van der Waals surface area contributed by atoms with E-state index in [1.165, 1.54) is 0 Å². The highest BCUT2D eigenvalue weighted by atomic mass is 32.3. The quantitative estimate of drug-likeness (QED) is 0.0535. The molecule has 9 nitrogen and oxygen atoms in total. The van der Waals surface area contributed by atoms with Gasteiger partial charge in [-0.05, 0) is 82.1 Å². The second kappa shape index (κ2) is 14.2. The van der Waals surface area contributed by atoms with Crippen LogP contribution in [-0.4, -0.2) is 83.8 Å². The number of ether oxygens (including phenoxy) is 3. The Kier molecular flexibility index (Phi) is 11.8. The lowest BCUT2D eigenvalue weighted by atomic mass is 9.93. The van der Waals surface area contributed by atoms with Crippen LogP contribution in [0.4, 0.5) is 0 Å². The first kappa shape index (κ1) is 34.1. The minimum atomic E-state index is -1.63. The number of aliphatic hydroxyl groups excluding tert-OH is 1. The summed E-state index contributed by atoms with van der Waals surface area (Å²) in [5.41, 5.74) is 2.50. The van der Waals surface area contributed by atoms with Gasteiger partial charge in [0.15, 0.2) is 5.84 Å². The molecule has 2 aromatic heterocycles. The van der Waals surface area contributed by atoms with E-state index in [1.807, 2.05) is 39.0 Å². The third-order valence-electron chi connectivity index (χ3n) is 6.62. The highest BCUT2D eigenvalue weighted by molar-refractivity contribution is 8.47. The standard InChI is InChI=1S/C31H51N5O4S/c1-11-25(12-2)40-30(35-21-38-15-16-41(7,8,9)10)36-29(32)24-13-14-27(33-18-24)26-19-34-28(17-22(26)3)39-20-31(5,6)23(4)37/h13-14,17-19,25,37,41H,4,11-12,15-16,20-21H2,1-3,5-10H3,(H2,32,35,36). The predicted molar refractivity (Wildman–Crippen MR) is 174 cm³/mol. The number of thiol groups is 1. The Labute approximate surface area is 246 Å². The zero-order valence-corrected chi connectivity index (χ0v) is 27.3. The van der Waals surface area contributed by atoms with Crippen molar-refractivity contribution in [3.05, 3.63) is 54.1 Å². The van der Waals surface area contributed by atoms with Gasteiger partial charge >= 0.3 is 0 Å². The number of aliphatic imine (C=N–C) groups is 1. The van der Waals surface area contributed by atoms with E-state index in [1.54, 1.807) is 12.4 Å². The smallest absolute Gasteiger partial charge is 0.293 e. The van der Waals surface area contributed by atoms with Gasteiger partial charge in [-0.3, -0.25) is 19.6 Å². The van der Waals surface area contributed by atoms with Gasteiger partial charge in [0.05, 0.1) is 23.5 Å². The molecule has 3 N–H and O–H groups in total. The number of rotatable bonds is 14. The number of hydrogen-bond donors (Lipinski definition) is 4. The molecule has 0 atom stereocenters. The number of nitrogens with zero attached hydrogens (tertiary/aromatic N) is 3. The Bertz CT molecular complexity index is 1210. The summed E-state index contributed by atoms with van der Waals surface area (Å²) >= 11 is 0. The van der Waals surface area contributed by atoms with Crippen molar-refractivity contribution in [1.82, 2.24) is 15.3 Å². The van der Waals surface area contributed by atoms with Crippen LogP contribution in [0.1, 0.15) is 51.7 Å². The molecule has 0 aliphatic heterocycles. The van der Waals surface area contributed by atoms with Crippen LogP contribution in [0.5, 0.6) is 5.88 Å². The van der Waals surface area contributed by atoms with Crippen LogP contribution in [0.15, 0.2) is 47.9 Å². The molecule has 41 heavy (non-hydrogen) atoms. The lowest BCUT2D eigenvalue weighted by Crippen LogP contribution is -2.33. The van der Waals surface area contributed by atoms with Crippen molar-refractivity contribution in [2.75, 3.05) is 50.7 Å². The van der Waals surface area contributed by atoms with Gasteiger partial charge in [-0.1, -0.05) is 20.4 Å². The van der Waals surface area contributed by atoms with E-state index in [9.17, 15) is 5.11 Å². The molecule has 0 aromatic carbocycles. The maximum absolute atomic E-state index is 9.72. The van der Waals surface area contributed by atoms with Crippen LogP contribution < -0.4 is 10.1 Å². The highest BCUT2D eigenvalue weighted by Gasteiger charge is 2.23. The molecular formula is C31H51N5O4S. The van der Waals surface area contributed by atoms with E-state index in [-0.39, 0.29) is 37.1 Å². The molecule has 0 spiro atoms. The molecule has 0 saturated carbocycles. The zero-order chi connectivity index (χ0) is 30.9. The Morgan fingerprint density at radius 2 is 1.83 bits per heavy atom. The van der Waals surface area contributed by atoms with Crippen molar-refractivity contribution in [3.8, 4) is 17.1 Å². The number of pyridine rings is 2. The van der Waals surface area contributed by atoms with Crippen molar-refractivity contribution in [1.29, 1.82) is 5.41 Å². The van der Waals surface area contributed by atoms with Crippen LogP contribution in [0, 0.1) is 17.7 Å². The fraction of sp³-hybridized carbons (Fsp3) is 0.548. The number of nitrogens with one attached hydrogen (secondary N) is 2. The SMILES string of the molecule is C=C(O)C(C)(C)COc1cc(C)c(-c2ccc(C(=N)/N=C(\NCOCC[SH](C)(C)(C)C)OC(CC)CC)cn2)cn1. The van der Waals surface area contributed by atoms with Crippen LogP contribution in [0.3, 0.4) is 0 Å². The number of aliphatic hydroxyl groups is 1. The molecule has 0 aliphatic carbocycles. The second-order valence-corrected chi connectivity index (χ2v) is 21.5. The summed E-state index contributed by atoms with van der Waals surface area (Å²) in [6, 6.07) is 5.77. The summed E-state index contributed by atoms with van der Waals surface area (Å²) in [5.74, 6) is 1.60. The molecule has 0 amide bonds. The summed E-state index contributed by atoms with van der Waals surface area (Å²) in [4.78, 5) is 13.4. The minimum absolute atomic E-state index is 0.00837.